The average Bonchev–Trinajstić information content (AvgIpc) is 2.75. The summed E-state index contributed by atoms with van der Waals surface area (Å²) in [5.74, 6) is 0.196. The van der Waals surface area contributed by atoms with E-state index >= 15 is 0 Å². The Morgan fingerprint density at radius 3 is 2.82 bits per heavy atom. The minimum absolute atomic E-state index is 0.196. The average molecular weight is 237 g/mol. The van der Waals surface area contributed by atoms with Crippen LogP contribution in [0.25, 0.3) is 0 Å². The van der Waals surface area contributed by atoms with Crippen LogP contribution in [-0.4, -0.2) is 35.3 Å². The summed E-state index contributed by atoms with van der Waals surface area (Å²) >= 11 is 0. The Labute approximate surface area is 101 Å². The van der Waals surface area contributed by atoms with Crippen LogP contribution in [0.5, 0.6) is 0 Å². The molecule has 5 nitrogen and oxygen atoms in total. The first-order valence-corrected chi connectivity index (χ1v) is 5.96. The summed E-state index contributed by atoms with van der Waals surface area (Å²) in [6.07, 6.45) is 3.68. The number of rotatable bonds is 4. The van der Waals surface area contributed by atoms with Gasteiger partial charge in [-0.3, -0.25) is 9.48 Å². The SMILES string of the molecule is Cn1ccc(CC(=O)C2(CN)CCOCC2)n1. The third-order valence-electron chi connectivity index (χ3n) is 3.54. The molecule has 0 spiro atoms. The molecule has 0 radical (unpaired) electrons. The zero-order chi connectivity index (χ0) is 12.3. The minimum Gasteiger partial charge on any atom is -0.381 e. The van der Waals surface area contributed by atoms with E-state index in [0.29, 0.717) is 26.2 Å². The number of ketones is 1. The monoisotopic (exact) mass is 237 g/mol. The largest absolute Gasteiger partial charge is 0.381 e. The number of aromatic nitrogens is 2. The van der Waals surface area contributed by atoms with Crippen LogP contribution in [0.2, 0.25) is 0 Å². The molecule has 17 heavy (non-hydrogen) atoms. The molecule has 1 aromatic rings. The van der Waals surface area contributed by atoms with Gasteiger partial charge in [0.1, 0.15) is 5.78 Å². The van der Waals surface area contributed by atoms with Crippen molar-refractivity contribution in [3.8, 4) is 0 Å². The van der Waals surface area contributed by atoms with Crippen LogP contribution in [0, 0.1) is 5.41 Å². The van der Waals surface area contributed by atoms with Crippen molar-refractivity contribution in [1.82, 2.24) is 9.78 Å². The van der Waals surface area contributed by atoms with Gasteiger partial charge in [0.15, 0.2) is 0 Å². The van der Waals surface area contributed by atoms with Crippen molar-refractivity contribution < 1.29 is 9.53 Å². The van der Waals surface area contributed by atoms with Gasteiger partial charge in [0.05, 0.1) is 12.1 Å². The van der Waals surface area contributed by atoms with Gasteiger partial charge >= 0.3 is 0 Å². The summed E-state index contributed by atoms with van der Waals surface area (Å²) in [7, 11) is 1.85. The van der Waals surface area contributed by atoms with Crippen LogP contribution < -0.4 is 5.73 Å². The van der Waals surface area contributed by atoms with E-state index in [1.165, 1.54) is 0 Å². The van der Waals surface area contributed by atoms with E-state index in [1.807, 2.05) is 19.3 Å². The maximum Gasteiger partial charge on any atom is 0.146 e. The molecule has 2 heterocycles. The highest BCUT2D eigenvalue weighted by atomic mass is 16.5. The summed E-state index contributed by atoms with van der Waals surface area (Å²) in [5.41, 5.74) is 6.22. The molecule has 1 saturated heterocycles. The lowest BCUT2D eigenvalue weighted by Gasteiger charge is -2.34. The molecule has 0 saturated carbocycles. The second-order valence-corrected chi connectivity index (χ2v) is 4.68. The Balaban J connectivity index is 2.07. The number of nitrogens with two attached hydrogens (primary N) is 1. The van der Waals surface area contributed by atoms with E-state index in [4.69, 9.17) is 10.5 Å². The number of ether oxygens (including phenoxy) is 1. The maximum atomic E-state index is 12.3. The summed E-state index contributed by atoms with van der Waals surface area (Å²) in [4.78, 5) is 12.3. The maximum absolute atomic E-state index is 12.3. The lowest BCUT2D eigenvalue weighted by molar-refractivity contribution is -0.132. The number of hydrogen-bond donors (Lipinski definition) is 1. The second kappa shape index (κ2) is 4.98. The van der Waals surface area contributed by atoms with Crippen molar-refractivity contribution in [2.75, 3.05) is 19.8 Å². The van der Waals surface area contributed by atoms with Gasteiger partial charge in [0, 0.05) is 38.4 Å². The highest BCUT2D eigenvalue weighted by Gasteiger charge is 2.38. The number of hydrogen-bond acceptors (Lipinski definition) is 4. The van der Waals surface area contributed by atoms with Crippen molar-refractivity contribution >= 4 is 5.78 Å². The highest BCUT2D eigenvalue weighted by Crippen LogP contribution is 2.31. The normalized spacial score (nSPS) is 19.2. The first-order chi connectivity index (χ1) is 8.16. The zero-order valence-corrected chi connectivity index (χ0v) is 10.2. The van der Waals surface area contributed by atoms with E-state index < -0.39 is 5.41 Å². The molecule has 0 aliphatic carbocycles. The van der Waals surface area contributed by atoms with Crippen LogP contribution in [-0.2, 0) is 23.0 Å². The zero-order valence-electron chi connectivity index (χ0n) is 10.2. The van der Waals surface area contributed by atoms with E-state index in [0.717, 1.165) is 18.5 Å². The second-order valence-electron chi connectivity index (χ2n) is 4.68. The highest BCUT2D eigenvalue weighted by molar-refractivity contribution is 5.86. The van der Waals surface area contributed by atoms with Crippen molar-refractivity contribution in [1.29, 1.82) is 0 Å². The quantitative estimate of drug-likeness (QED) is 0.817. The number of nitrogens with zero attached hydrogens (tertiary/aromatic N) is 2. The fourth-order valence-electron chi connectivity index (χ4n) is 2.27. The van der Waals surface area contributed by atoms with Crippen LogP contribution in [0.4, 0.5) is 0 Å². The molecule has 1 fully saturated rings. The molecule has 0 aromatic carbocycles. The van der Waals surface area contributed by atoms with Crippen LogP contribution in [0.1, 0.15) is 18.5 Å². The van der Waals surface area contributed by atoms with Gasteiger partial charge in [-0.1, -0.05) is 0 Å². The van der Waals surface area contributed by atoms with E-state index in [-0.39, 0.29) is 5.78 Å². The molecule has 0 unspecified atom stereocenters. The van der Waals surface area contributed by atoms with E-state index in [1.54, 1.807) is 4.68 Å². The molecular formula is C12H19N3O2. The van der Waals surface area contributed by atoms with Gasteiger partial charge in [-0.15, -0.1) is 0 Å². The van der Waals surface area contributed by atoms with Gasteiger partial charge in [-0.05, 0) is 18.9 Å². The Hall–Kier alpha value is -1.20. The third-order valence-corrected chi connectivity index (χ3v) is 3.54. The summed E-state index contributed by atoms with van der Waals surface area (Å²) in [6, 6.07) is 1.88. The molecule has 5 heteroatoms. The molecule has 0 atom stereocenters. The lowest BCUT2D eigenvalue weighted by Crippen LogP contribution is -2.44. The molecule has 2 N–H and O–H groups in total. The van der Waals surface area contributed by atoms with E-state index in [9.17, 15) is 4.79 Å². The Kier molecular flexibility index (Phi) is 3.59. The number of Topliss-reactive ketones (excluding diaryl/α,β-unsaturated/α-hetero) is 1. The number of carbonyl (C=O) groups excluding carboxylic acids is 1. The van der Waals surface area contributed by atoms with Crippen LogP contribution >= 0.6 is 0 Å². The van der Waals surface area contributed by atoms with Gasteiger partial charge in [-0.25, -0.2) is 0 Å². The summed E-state index contributed by atoms with van der Waals surface area (Å²) in [6.45, 7) is 1.67. The fourth-order valence-corrected chi connectivity index (χ4v) is 2.27. The molecule has 1 aliphatic rings. The first kappa shape index (κ1) is 12.3. The fraction of sp³-hybridized carbons (Fsp3) is 0.667. The third kappa shape index (κ3) is 2.56. The lowest BCUT2D eigenvalue weighted by atomic mass is 9.75. The molecule has 94 valence electrons. The van der Waals surface area contributed by atoms with Gasteiger partial charge < -0.3 is 10.5 Å². The number of carbonyl (C=O) groups is 1. The predicted molar refractivity (Wildman–Crippen MR) is 63.5 cm³/mol. The topological polar surface area (TPSA) is 70.1 Å². The van der Waals surface area contributed by atoms with Crippen molar-refractivity contribution in [3.63, 3.8) is 0 Å². The summed E-state index contributed by atoms with van der Waals surface area (Å²) in [5, 5.41) is 4.23. The predicted octanol–water partition coefficient (Wildman–Crippen LogP) is 0.287. The van der Waals surface area contributed by atoms with E-state index in [2.05, 4.69) is 5.10 Å². The Bertz CT molecular complexity index is 394. The van der Waals surface area contributed by atoms with Crippen molar-refractivity contribution in [2.24, 2.45) is 18.2 Å². The summed E-state index contributed by atoms with van der Waals surface area (Å²) < 4.78 is 7.01. The minimum atomic E-state index is -0.393. The smallest absolute Gasteiger partial charge is 0.146 e. The molecule has 1 aliphatic heterocycles. The first-order valence-electron chi connectivity index (χ1n) is 5.96. The molecule has 0 bridgehead atoms. The van der Waals surface area contributed by atoms with Crippen LogP contribution in [0.3, 0.4) is 0 Å². The Morgan fingerprint density at radius 2 is 2.29 bits per heavy atom. The standard InChI is InChI=1S/C12H19N3O2/c1-15-5-2-10(14-15)8-11(16)12(9-13)3-6-17-7-4-12/h2,5H,3-4,6-9,13H2,1H3. The van der Waals surface area contributed by atoms with Crippen LogP contribution in [0.15, 0.2) is 12.3 Å². The van der Waals surface area contributed by atoms with Gasteiger partial charge in [0.2, 0.25) is 0 Å². The molecule has 1 aromatic heterocycles. The molecular weight excluding hydrogens is 218 g/mol. The molecule has 0 amide bonds. The number of aryl methyl sites for hydroxylation is 1. The Morgan fingerprint density at radius 1 is 1.59 bits per heavy atom. The molecule has 2 rings (SSSR count). The van der Waals surface area contributed by atoms with Gasteiger partial charge in [0.25, 0.3) is 0 Å². The van der Waals surface area contributed by atoms with Crippen molar-refractivity contribution in [2.45, 2.75) is 19.3 Å². The van der Waals surface area contributed by atoms with Gasteiger partial charge in [-0.2, -0.15) is 5.10 Å². The van der Waals surface area contributed by atoms with Crippen molar-refractivity contribution in [3.05, 3.63) is 18.0 Å².